The van der Waals surface area contributed by atoms with E-state index in [0.717, 1.165) is 49.5 Å². The quantitative estimate of drug-likeness (QED) is 0.486. The van der Waals surface area contributed by atoms with Gasteiger partial charge in [-0.2, -0.15) is 0 Å². The van der Waals surface area contributed by atoms with Gasteiger partial charge in [-0.15, -0.1) is 11.3 Å². The van der Waals surface area contributed by atoms with Crippen molar-refractivity contribution in [3.8, 4) is 0 Å². The minimum atomic E-state index is -0.200. The van der Waals surface area contributed by atoms with Crippen molar-refractivity contribution in [2.75, 3.05) is 19.7 Å². The summed E-state index contributed by atoms with van der Waals surface area (Å²) in [6.07, 6.45) is 2.53. The highest BCUT2D eigenvalue weighted by Gasteiger charge is 2.21. The van der Waals surface area contributed by atoms with Gasteiger partial charge in [-0.05, 0) is 36.8 Å². The zero-order chi connectivity index (χ0) is 13.7. The van der Waals surface area contributed by atoms with Crippen LogP contribution >= 0.6 is 11.3 Å². The maximum absolute atomic E-state index is 11.6. The number of hydrogen-bond acceptors (Lipinski definition) is 5. The van der Waals surface area contributed by atoms with Crippen LogP contribution in [0.4, 0.5) is 0 Å². The molecule has 1 aliphatic heterocycles. The van der Waals surface area contributed by atoms with Crippen molar-refractivity contribution < 1.29 is 9.53 Å². The lowest BCUT2D eigenvalue weighted by molar-refractivity contribution is 0.0125. The van der Waals surface area contributed by atoms with Crippen molar-refractivity contribution in [2.45, 2.75) is 32.4 Å². The van der Waals surface area contributed by atoms with Gasteiger partial charge in [0, 0.05) is 26.2 Å². The Morgan fingerprint density at radius 3 is 2.95 bits per heavy atom. The summed E-state index contributed by atoms with van der Waals surface area (Å²) < 4.78 is 5.64. The fourth-order valence-electron chi connectivity index (χ4n) is 2.44. The number of nitrogens with one attached hydrogen (secondary N) is 1. The second-order valence-electron chi connectivity index (χ2n) is 4.68. The molecule has 0 radical (unpaired) electrons. The highest BCUT2D eigenvalue weighted by Crippen LogP contribution is 2.21. The lowest BCUT2D eigenvalue weighted by atomic mass is 10.1. The molecule has 1 fully saturated rings. The van der Waals surface area contributed by atoms with Crippen LogP contribution in [-0.4, -0.2) is 36.6 Å². The van der Waals surface area contributed by atoms with Crippen LogP contribution in [-0.2, 0) is 11.3 Å². The van der Waals surface area contributed by atoms with Crippen molar-refractivity contribution in [3.63, 3.8) is 0 Å². The van der Waals surface area contributed by atoms with Crippen LogP contribution in [0.5, 0.6) is 0 Å². The summed E-state index contributed by atoms with van der Waals surface area (Å²) in [5.74, 6) is 4.99. The molecule has 19 heavy (non-hydrogen) atoms. The summed E-state index contributed by atoms with van der Waals surface area (Å²) in [5, 5.41) is 1.94. The van der Waals surface area contributed by atoms with Crippen molar-refractivity contribution in [3.05, 3.63) is 21.9 Å². The number of amides is 1. The van der Waals surface area contributed by atoms with Gasteiger partial charge >= 0.3 is 0 Å². The smallest absolute Gasteiger partial charge is 0.275 e. The number of carbonyl (C=O) groups excluding carboxylic acids is 1. The molecular formula is C13H21N3O2S. The third-order valence-corrected chi connectivity index (χ3v) is 4.37. The van der Waals surface area contributed by atoms with Gasteiger partial charge in [-0.1, -0.05) is 0 Å². The lowest BCUT2D eigenvalue weighted by Gasteiger charge is -2.31. The molecule has 0 aromatic carbocycles. The second kappa shape index (κ2) is 7.00. The molecule has 106 valence electrons. The van der Waals surface area contributed by atoms with E-state index in [0.29, 0.717) is 6.10 Å². The minimum absolute atomic E-state index is 0.200. The van der Waals surface area contributed by atoms with Gasteiger partial charge in [0.15, 0.2) is 0 Å². The Hall–Kier alpha value is -0.950. The normalized spacial score (nSPS) is 17.6. The number of piperidine rings is 1. The van der Waals surface area contributed by atoms with Gasteiger partial charge in [0.2, 0.25) is 0 Å². The van der Waals surface area contributed by atoms with Gasteiger partial charge in [0.1, 0.15) is 0 Å². The molecule has 1 aromatic heterocycles. The molecule has 0 unspecified atom stereocenters. The Kier molecular flexibility index (Phi) is 5.33. The molecule has 2 heterocycles. The fourth-order valence-corrected chi connectivity index (χ4v) is 3.25. The number of hydrogen-bond donors (Lipinski definition) is 2. The van der Waals surface area contributed by atoms with Crippen LogP contribution in [0.25, 0.3) is 0 Å². The van der Waals surface area contributed by atoms with Crippen LogP contribution in [0.2, 0.25) is 0 Å². The van der Waals surface area contributed by atoms with E-state index in [1.165, 1.54) is 11.3 Å². The van der Waals surface area contributed by atoms with Crippen molar-refractivity contribution in [2.24, 2.45) is 5.84 Å². The number of likely N-dealkylation sites (tertiary alicyclic amines) is 1. The molecule has 0 bridgehead atoms. The highest BCUT2D eigenvalue weighted by molar-refractivity contribution is 7.12. The average Bonchev–Trinajstić information content (AvgIpc) is 2.88. The monoisotopic (exact) mass is 283 g/mol. The number of nitrogens with two attached hydrogens (primary N) is 1. The summed E-state index contributed by atoms with van der Waals surface area (Å²) in [7, 11) is 0. The molecular weight excluding hydrogens is 262 g/mol. The van der Waals surface area contributed by atoms with Gasteiger partial charge < -0.3 is 4.74 Å². The topological polar surface area (TPSA) is 67.6 Å². The molecule has 0 saturated carbocycles. The molecule has 1 saturated heterocycles. The minimum Gasteiger partial charge on any atom is -0.378 e. The molecule has 6 heteroatoms. The molecule has 2 rings (SSSR count). The Labute approximate surface area is 117 Å². The van der Waals surface area contributed by atoms with Crippen LogP contribution in [0, 0.1) is 0 Å². The van der Waals surface area contributed by atoms with E-state index in [1.807, 2.05) is 18.4 Å². The first kappa shape index (κ1) is 14.5. The largest absolute Gasteiger partial charge is 0.378 e. The number of ether oxygens (including phenoxy) is 1. The van der Waals surface area contributed by atoms with Gasteiger partial charge in [0.05, 0.1) is 11.0 Å². The number of thiophene rings is 1. The summed E-state index contributed by atoms with van der Waals surface area (Å²) in [4.78, 5) is 14.7. The maximum Gasteiger partial charge on any atom is 0.275 e. The number of nitrogens with zero attached hydrogens (tertiary/aromatic N) is 1. The van der Waals surface area contributed by atoms with E-state index in [9.17, 15) is 4.79 Å². The molecule has 0 spiro atoms. The summed E-state index contributed by atoms with van der Waals surface area (Å²) in [5.41, 5.74) is 3.26. The van der Waals surface area contributed by atoms with Gasteiger partial charge in [-0.25, -0.2) is 5.84 Å². The predicted molar refractivity (Wildman–Crippen MR) is 75.9 cm³/mol. The summed E-state index contributed by atoms with van der Waals surface area (Å²) in [6.45, 7) is 5.67. The van der Waals surface area contributed by atoms with E-state index in [4.69, 9.17) is 10.6 Å². The Morgan fingerprint density at radius 1 is 1.58 bits per heavy atom. The Bertz CT molecular complexity index is 414. The standard InChI is InChI=1S/C13H21N3O2S/c1-2-18-11-3-6-16(7-4-11)9-10-5-8-19-12(10)13(17)15-14/h5,8,11H,2-4,6-7,9,14H2,1H3,(H,15,17). The SMILES string of the molecule is CCOC1CCN(Cc2ccsc2C(=O)NN)CC1. The summed E-state index contributed by atoms with van der Waals surface area (Å²) >= 11 is 1.44. The predicted octanol–water partition coefficient (Wildman–Crippen LogP) is 1.35. The van der Waals surface area contributed by atoms with E-state index < -0.39 is 0 Å². The molecule has 1 aliphatic rings. The van der Waals surface area contributed by atoms with Gasteiger partial charge in [0.25, 0.3) is 5.91 Å². The van der Waals surface area contributed by atoms with Crippen molar-refractivity contribution >= 4 is 17.2 Å². The van der Waals surface area contributed by atoms with Crippen molar-refractivity contribution in [1.29, 1.82) is 0 Å². The average molecular weight is 283 g/mol. The number of rotatable bonds is 5. The molecule has 0 aliphatic carbocycles. The van der Waals surface area contributed by atoms with Crippen LogP contribution in [0.1, 0.15) is 35.0 Å². The van der Waals surface area contributed by atoms with E-state index in [1.54, 1.807) is 0 Å². The first-order valence-corrected chi connectivity index (χ1v) is 7.53. The van der Waals surface area contributed by atoms with E-state index in [-0.39, 0.29) is 5.91 Å². The maximum atomic E-state index is 11.6. The van der Waals surface area contributed by atoms with E-state index >= 15 is 0 Å². The molecule has 0 atom stereocenters. The third-order valence-electron chi connectivity index (χ3n) is 3.42. The highest BCUT2D eigenvalue weighted by atomic mass is 32.1. The molecule has 5 nitrogen and oxygen atoms in total. The second-order valence-corrected chi connectivity index (χ2v) is 5.60. The number of nitrogen functional groups attached to an aromatic ring is 1. The first-order valence-electron chi connectivity index (χ1n) is 6.65. The zero-order valence-electron chi connectivity index (χ0n) is 11.2. The van der Waals surface area contributed by atoms with Crippen molar-refractivity contribution in [1.82, 2.24) is 10.3 Å². The first-order chi connectivity index (χ1) is 9.24. The lowest BCUT2D eigenvalue weighted by Crippen LogP contribution is -2.37. The molecule has 3 N–H and O–H groups in total. The zero-order valence-corrected chi connectivity index (χ0v) is 12.0. The Morgan fingerprint density at radius 2 is 2.32 bits per heavy atom. The Balaban J connectivity index is 1.89. The number of carbonyl (C=O) groups is 1. The molecule has 1 amide bonds. The van der Waals surface area contributed by atoms with Crippen LogP contribution in [0.15, 0.2) is 11.4 Å². The molecule has 1 aromatic rings. The number of hydrazine groups is 1. The van der Waals surface area contributed by atoms with Crippen LogP contribution < -0.4 is 11.3 Å². The third kappa shape index (κ3) is 3.76. The fraction of sp³-hybridized carbons (Fsp3) is 0.615. The van der Waals surface area contributed by atoms with Gasteiger partial charge in [-0.3, -0.25) is 15.1 Å². The van der Waals surface area contributed by atoms with E-state index in [2.05, 4.69) is 10.3 Å². The van der Waals surface area contributed by atoms with Crippen LogP contribution in [0.3, 0.4) is 0 Å². The summed E-state index contributed by atoms with van der Waals surface area (Å²) in [6, 6.07) is 2.00.